The largest absolute Gasteiger partial charge is 0.344 e. The Balaban J connectivity index is 1.93. The third-order valence-electron chi connectivity index (χ3n) is 2.30. The standard InChI is InChI=1S/C13H12N2S2/c1-2-10-3-5-11(6-4-10)8-17-13(16)12-7-14-9-15-12/h2-7,9H,1,8H2,(H,14,15). The second kappa shape index (κ2) is 5.80. The highest BCUT2D eigenvalue weighted by molar-refractivity contribution is 8.23. The molecule has 0 aliphatic rings. The molecule has 2 nitrogen and oxygen atoms in total. The van der Waals surface area contributed by atoms with Crippen LogP contribution in [-0.4, -0.2) is 14.2 Å². The maximum absolute atomic E-state index is 5.30. The molecule has 0 amide bonds. The van der Waals surface area contributed by atoms with Crippen LogP contribution in [0, 0.1) is 0 Å². The minimum atomic E-state index is 0.843. The average molecular weight is 260 g/mol. The summed E-state index contributed by atoms with van der Waals surface area (Å²) in [6, 6.07) is 8.31. The third kappa shape index (κ3) is 3.28. The zero-order valence-corrected chi connectivity index (χ0v) is 10.9. The van der Waals surface area contributed by atoms with E-state index in [1.807, 2.05) is 6.08 Å². The van der Waals surface area contributed by atoms with Crippen LogP contribution in [0.1, 0.15) is 16.8 Å². The van der Waals surface area contributed by atoms with Gasteiger partial charge in [0.15, 0.2) is 0 Å². The molecular formula is C13H12N2S2. The number of nitrogens with zero attached hydrogens (tertiary/aromatic N) is 1. The minimum absolute atomic E-state index is 0.843. The Morgan fingerprint density at radius 1 is 1.41 bits per heavy atom. The maximum atomic E-state index is 5.30. The second-order valence-electron chi connectivity index (χ2n) is 3.49. The molecule has 0 aliphatic heterocycles. The Kier molecular flexibility index (Phi) is 4.12. The highest BCUT2D eigenvalue weighted by Crippen LogP contribution is 2.18. The monoisotopic (exact) mass is 260 g/mol. The van der Waals surface area contributed by atoms with Crippen molar-refractivity contribution in [1.29, 1.82) is 0 Å². The molecule has 1 N–H and O–H groups in total. The van der Waals surface area contributed by atoms with E-state index in [4.69, 9.17) is 12.2 Å². The predicted octanol–water partition coefficient (Wildman–Crippen LogP) is 3.66. The summed E-state index contributed by atoms with van der Waals surface area (Å²) in [5, 5.41) is 0. The molecular weight excluding hydrogens is 248 g/mol. The van der Waals surface area contributed by atoms with Crippen molar-refractivity contribution in [2.75, 3.05) is 0 Å². The number of imidazole rings is 1. The van der Waals surface area contributed by atoms with Gasteiger partial charge in [-0.15, -0.1) is 11.8 Å². The van der Waals surface area contributed by atoms with Crippen molar-refractivity contribution in [3.63, 3.8) is 0 Å². The summed E-state index contributed by atoms with van der Waals surface area (Å²) in [7, 11) is 0. The van der Waals surface area contributed by atoms with Crippen molar-refractivity contribution >= 4 is 34.3 Å². The van der Waals surface area contributed by atoms with E-state index in [0.717, 1.165) is 21.2 Å². The van der Waals surface area contributed by atoms with Crippen LogP contribution >= 0.6 is 24.0 Å². The molecule has 0 saturated carbocycles. The van der Waals surface area contributed by atoms with Crippen LogP contribution < -0.4 is 0 Å². The Morgan fingerprint density at radius 3 is 2.76 bits per heavy atom. The van der Waals surface area contributed by atoms with E-state index in [0.29, 0.717) is 0 Å². The molecule has 4 heteroatoms. The molecule has 0 fully saturated rings. The van der Waals surface area contributed by atoms with Gasteiger partial charge in [0.05, 0.1) is 22.4 Å². The summed E-state index contributed by atoms with van der Waals surface area (Å²) in [4.78, 5) is 6.96. The van der Waals surface area contributed by atoms with E-state index < -0.39 is 0 Å². The fraction of sp³-hybridized carbons (Fsp3) is 0.0769. The second-order valence-corrected chi connectivity index (χ2v) is 5.14. The van der Waals surface area contributed by atoms with Crippen LogP contribution in [0.5, 0.6) is 0 Å². The van der Waals surface area contributed by atoms with Gasteiger partial charge < -0.3 is 4.98 Å². The van der Waals surface area contributed by atoms with E-state index in [2.05, 4.69) is 40.8 Å². The molecule has 2 rings (SSSR count). The number of aromatic amines is 1. The number of rotatable bonds is 4. The van der Waals surface area contributed by atoms with Crippen LogP contribution in [0.15, 0.2) is 43.4 Å². The molecule has 1 aromatic carbocycles. The van der Waals surface area contributed by atoms with Gasteiger partial charge in [-0.05, 0) is 11.1 Å². The predicted molar refractivity (Wildman–Crippen MR) is 78.1 cm³/mol. The van der Waals surface area contributed by atoms with Crippen LogP contribution in [-0.2, 0) is 5.75 Å². The van der Waals surface area contributed by atoms with Crippen LogP contribution in [0.2, 0.25) is 0 Å². The lowest BCUT2D eigenvalue weighted by atomic mass is 10.1. The molecule has 1 aromatic heterocycles. The van der Waals surface area contributed by atoms with Gasteiger partial charge in [0.2, 0.25) is 0 Å². The Labute approximate surface area is 110 Å². The van der Waals surface area contributed by atoms with Gasteiger partial charge in [-0.25, -0.2) is 4.98 Å². The number of H-pyrrole nitrogens is 1. The molecule has 0 radical (unpaired) electrons. The molecule has 0 bridgehead atoms. The Bertz CT molecular complexity index is 501. The van der Waals surface area contributed by atoms with Crippen molar-refractivity contribution in [3.05, 3.63) is 60.2 Å². The van der Waals surface area contributed by atoms with Crippen LogP contribution in [0.3, 0.4) is 0 Å². The highest BCUT2D eigenvalue weighted by atomic mass is 32.2. The molecule has 17 heavy (non-hydrogen) atoms. The fourth-order valence-corrected chi connectivity index (χ4v) is 2.39. The molecule has 0 saturated heterocycles. The topological polar surface area (TPSA) is 28.7 Å². The van der Waals surface area contributed by atoms with Gasteiger partial charge in [0.25, 0.3) is 0 Å². The van der Waals surface area contributed by atoms with Gasteiger partial charge in [0.1, 0.15) is 0 Å². The van der Waals surface area contributed by atoms with Crippen LogP contribution in [0.25, 0.3) is 6.08 Å². The first kappa shape index (κ1) is 12.1. The first-order valence-corrected chi connectivity index (χ1v) is 6.56. The van der Waals surface area contributed by atoms with Gasteiger partial charge in [-0.2, -0.15) is 0 Å². The lowest BCUT2D eigenvalue weighted by Gasteiger charge is -2.02. The smallest absolute Gasteiger partial charge is 0.0960 e. The quantitative estimate of drug-likeness (QED) is 0.850. The molecule has 0 unspecified atom stereocenters. The highest BCUT2D eigenvalue weighted by Gasteiger charge is 2.03. The first-order valence-electron chi connectivity index (χ1n) is 5.16. The number of aromatic nitrogens is 2. The summed E-state index contributed by atoms with van der Waals surface area (Å²) >= 11 is 6.93. The zero-order chi connectivity index (χ0) is 12.1. The van der Waals surface area contributed by atoms with Crippen molar-refractivity contribution in [1.82, 2.24) is 9.97 Å². The normalized spacial score (nSPS) is 10.1. The maximum Gasteiger partial charge on any atom is 0.0960 e. The third-order valence-corrected chi connectivity index (χ3v) is 3.84. The number of nitrogens with one attached hydrogen (secondary N) is 1. The van der Waals surface area contributed by atoms with Gasteiger partial charge in [0, 0.05) is 5.75 Å². The summed E-state index contributed by atoms with van der Waals surface area (Å²) in [6.07, 6.45) is 5.23. The van der Waals surface area contributed by atoms with Crippen molar-refractivity contribution in [2.24, 2.45) is 0 Å². The number of thioether (sulfide) groups is 1. The van der Waals surface area contributed by atoms with Crippen LogP contribution in [0.4, 0.5) is 0 Å². The van der Waals surface area contributed by atoms with E-state index in [1.165, 1.54) is 5.56 Å². The van der Waals surface area contributed by atoms with Gasteiger partial charge in [-0.1, -0.05) is 49.1 Å². The summed E-state index contributed by atoms with van der Waals surface area (Å²) in [5.74, 6) is 0.870. The average Bonchev–Trinajstić information content (AvgIpc) is 2.90. The van der Waals surface area contributed by atoms with E-state index in [-0.39, 0.29) is 0 Å². The summed E-state index contributed by atoms with van der Waals surface area (Å²) in [5.41, 5.74) is 3.30. The van der Waals surface area contributed by atoms with E-state index in [1.54, 1.807) is 24.3 Å². The lowest BCUT2D eigenvalue weighted by Crippen LogP contribution is -1.92. The Hall–Kier alpha value is -1.39. The van der Waals surface area contributed by atoms with Crippen molar-refractivity contribution in [3.8, 4) is 0 Å². The minimum Gasteiger partial charge on any atom is -0.344 e. The molecule has 2 aromatic rings. The number of benzene rings is 1. The zero-order valence-electron chi connectivity index (χ0n) is 9.22. The fourth-order valence-electron chi connectivity index (χ4n) is 1.34. The lowest BCUT2D eigenvalue weighted by molar-refractivity contribution is 1.31. The summed E-state index contributed by atoms with van der Waals surface area (Å²) in [6.45, 7) is 3.73. The van der Waals surface area contributed by atoms with Gasteiger partial charge in [-0.3, -0.25) is 0 Å². The molecule has 1 heterocycles. The van der Waals surface area contributed by atoms with E-state index in [9.17, 15) is 0 Å². The molecule has 0 atom stereocenters. The number of hydrogen-bond acceptors (Lipinski definition) is 3. The number of hydrogen-bond donors (Lipinski definition) is 1. The molecule has 0 aliphatic carbocycles. The Morgan fingerprint density at radius 2 is 2.18 bits per heavy atom. The first-order chi connectivity index (χ1) is 8.29. The number of thiocarbonyl (C=S) groups is 1. The summed E-state index contributed by atoms with van der Waals surface area (Å²) < 4.78 is 0.843. The molecule has 0 spiro atoms. The molecule has 86 valence electrons. The van der Waals surface area contributed by atoms with Crippen molar-refractivity contribution < 1.29 is 0 Å². The van der Waals surface area contributed by atoms with E-state index >= 15 is 0 Å². The van der Waals surface area contributed by atoms with Gasteiger partial charge >= 0.3 is 0 Å². The van der Waals surface area contributed by atoms with Crippen molar-refractivity contribution in [2.45, 2.75) is 5.75 Å². The SMILES string of the molecule is C=Cc1ccc(CSC(=S)c2cnc[nH]2)cc1.